The second-order valence-electron chi connectivity index (χ2n) is 14.5. The number of unbranched alkanes of at least 4 members (excludes halogenated alkanes) is 29. The Labute approximate surface area is 305 Å². The fraction of sp³-hybridized carbons (Fsp3) is 0.953. The van der Waals surface area contributed by atoms with Crippen LogP contribution < -0.4 is 0 Å². The summed E-state index contributed by atoms with van der Waals surface area (Å²) < 4.78 is 10.0. The van der Waals surface area contributed by atoms with Gasteiger partial charge in [0.2, 0.25) is 0 Å². The maximum Gasteiger partial charge on any atom is 0.305 e. The lowest BCUT2D eigenvalue weighted by Crippen LogP contribution is -2.21. The van der Waals surface area contributed by atoms with Gasteiger partial charge in [-0.3, -0.25) is 9.59 Å². The van der Waals surface area contributed by atoms with Gasteiger partial charge in [0, 0.05) is 12.8 Å². The van der Waals surface area contributed by atoms with Crippen molar-refractivity contribution < 1.29 is 29.3 Å². The van der Waals surface area contributed by atoms with Crippen LogP contribution in [0.2, 0.25) is 0 Å². The summed E-state index contributed by atoms with van der Waals surface area (Å²) in [7, 11) is 0. The lowest BCUT2D eigenvalue weighted by Gasteiger charge is -2.08. The highest BCUT2D eigenvalue weighted by Gasteiger charge is 2.07. The van der Waals surface area contributed by atoms with E-state index in [2.05, 4.69) is 20.8 Å². The summed E-state index contributed by atoms with van der Waals surface area (Å²) in [5, 5.41) is 17.7. The fourth-order valence-corrected chi connectivity index (χ4v) is 6.00. The van der Waals surface area contributed by atoms with Gasteiger partial charge in [-0.2, -0.15) is 0 Å². The summed E-state index contributed by atoms with van der Waals surface area (Å²) in [6, 6.07) is 0. The number of esters is 2. The van der Waals surface area contributed by atoms with Crippen LogP contribution in [0, 0.1) is 0 Å². The highest BCUT2D eigenvalue weighted by atomic mass is 16.5. The van der Waals surface area contributed by atoms with Crippen LogP contribution in [0.5, 0.6) is 0 Å². The highest BCUT2D eigenvalue weighted by molar-refractivity contribution is 5.69. The first-order valence-corrected chi connectivity index (χ1v) is 21.6. The molecule has 0 saturated carbocycles. The molecule has 0 amide bonds. The third kappa shape index (κ3) is 46.9. The van der Waals surface area contributed by atoms with Gasteiger partial charge in [0.25, 0.3) is 0 Å². The van der Waals surface area contributed by atoms with E-state index in [-0.39, 0.29) is 25.2 Å². The van der Waals surface area contributed by atoms with Gasteiger partial charge in [-0.15, -0.1) is 0 Å². The van der Waals surface area contributed by atoms with Crippen molar-refractivity contribution in [1.82, 2.24) is 0 Å². The molecule has 0 spiro atoms. The van der Waals surface area contributed by atoms with Gasteiger partial charge in [-0.05, 0) is 19.3 Å². The average Bonchev–Trinajstić information content (AvgIpc) is 3.10. The minimum absolute atomic E-state index is 0.00172. The second kappa shape index (κ2) is 44.9. The minimum Gasteiger partial charge on any atom is -0.466 e. The predicted octanol–water partition coefficient (Wildman–Crippen LogP) is 12.7. The largest absolute Gasteiger partial charge is 0.466 e. The number of carbonyl (C=O) groups excluding carboxylic acids is 2. The third-order valence-corrected chi connectivity index (χ3v) is 9.38. The lowest BCUT2D eigenvalue weighted by molar-refractivity contribution is -0.147. The van der Waals surface area contributed by atoms with Gasteiger partial charge in [0.15, 0.2) is 0 Å². The minimum atomic E-state index is -0.954. The van der Waals surface area contributed by atoms with E-state index in [1.54, 1.807) is 0 Å². The highest BCUT2D eigenvalue weighted by Crippen LogP contribution is 2.15. The van der Waals surface area contributed by atoms with E-state index in [1.165, 1.54) is 173 Å². The van der Waals surface area contributed by atoms with Crippen molar-refractivity contribution in [2.24, 2.45) is 0 Å². The van der Waals surface area contributed by atoms with Gasteiger partial charge in [-0.1, -0.05) is 207 Å². The molecule has 0 aromatic carbocycles. The summed E-state index contributed by atoms with van der Waals surface area (Å²) in [5.74, 6) is -0.277. The zero-order chi connectivity index (χ0) is 36.3. The molecular weight excluding hydrogens is 612 g/mol. The molecule has 0 aliphatic rings. The van der Waals surface area contributed by atoms with Crippen molar-refractivity contribution in [3.8, 4) is 0 Å². The Hall–Kier alpha value is -1.14. The molecule has 0 radical (unpaired) electrons. The third-order valence-electron chi connectivity index (χ3n) is 9.38. The molecule has 0 aromatic heterocycles. The Morgan fingerprint density at radius 1 is 0.408 bits per heavy atom. The zero-order valence-corrected chi connectivity index (χ0v) is 33.3. The normalized spacial score (nSPS) is 11.6. The lowest BCUT2D eigenvalue weighted by atomic mass is 10.0. The van der Waals surface area contributed by atoms with E-state index < -0.39 is 6.10 Å². The van der Waals surface area contributed by atoms with E-state index in [1.807, 2.05) is 0 Å². The number of aliphatic hydroxyl groups is 2. The van der Waals surface area contributed by atoms with Gasteiger partial charge in [-0.25, -0.2) is 0 Å². The van der Waals surface area contributed by atoms with Crippen LogP contribution in [0.25, 0.3) is 0 Å². The van der Waals surface area contributed by atoms with Gasteiger partial charge >= 0.3 is 11.9 Å². The molecular formula is C43H86O6. The summed E-state index contributed by atoms with van der Waals surface area (Å²) in [6.45, 7) is 6.79. The Morgan fingerprint density at radius 3 is 0.959 bits per heavy atom. The molecule has 294 valence electrons. The smallest absolute Gasteiger partial charge is 0.305 e. The Balaban J connectivity index is 0. The number of rotatable bonds is 38. The van der Waals surface area contributed by atoms with Gasteiger partial charge in [0.05, 0.1) is 13.2 Å². The van der Waals surface area contributed by atoms with E-state index in [4.69, 9.17) is 19.7 Å². The van der Waals surface area contributed by atoms with Crippen LogP contribution in [0.3, 0.4) is 0 Å². The molecule has 6 nitrogen and oxygen atoms in total. The number of aliphatic hydroxyl groups excluding tert-OH is 2. The molecule has 0 bridgehead atoms. The fourth-order valence-electron chi connectivity index (χ4n) is 6.00. The second-order valence-corrected chi connectivity index (χ2v) is 14.5. The molecule has 2 N–H and O–H groups in total. The van der Waals surface area contributed by atoms with Crippen molar-refractivity contribution >= 4 is 11.9 Å². The SMILES string of the molecule is CCCCCCCCCCCCCCCCCC(=O)OCC(O)CO.CCCCCCCCCCCCCCCCCC(=O)OCCCC. The van der Waals surface area contributed by atoms with E-state index in [9.17, 15) is 9.59 Å². The quantitative estimate of drug-likeness (QED) is 0.0492. The molecule has 0 aliphatic heterocycles. The number of hydrogen-bond donors (Lipinski definition) is 2. The van der Waals surface area contributed by atoms with E-state index in [0.29, 0.717) is 19.4 Å². The van der Waals surface area contributed by atoms with Crippen LogP contribution in [0.15, 0.2) is 0 Å². The van der Waals surface area contributed by atoms with E-state index >= 15 is 0 Å². The van der Waals surface area contributed by atoms with Crippen molar-refractivity contribution in [1.29, 1.82) is 0 Å². The number of carbonyl (C=O) groups is 2. The van der Waals surface area contributed by atoms with Crippen LogP contribution >= 0.6 is 0 Å². The molecule has 0 aliphatic carbocycles. The molecule has 1 unspecified atom stereocenters. The van der Waals surface area contributed by atoms with Crippen molar-refractivity contribution in [3.05, 3.63) is 0 Å². The number of ether oxygens (including phenoxy) is 2. The van der Waals surface area contributed by atoms with Gasteiger partial charge < -0.3 is 19.7 Å². The van der Waals surface area contributed by atoms with Crippen molar-refractivity contribution in [3.63, 3.8) is 0 Å². The Morgan fingerprint density at radius 2 is 0.673 bits per heavy atom. The number of hydrogen-bond acceptors (Lipinski definition) is 6. The monoisotopic (exact) mass is 699 g/mol. The van der Waals surface area contributed by atoms with Crippen molar-refractivity contribution in [2.75, 3.05) is 19.8 Å². The molecule has 0 fully saturated rings. The molecule has 0 rings (SSSR count). The van der Waals surface area contributed by atoms with E-state index in [0.717, 1.165) is 32.1 Å². The first kappa shape index (κ1) is 50.0. The topological polar surface area (TPSA) is 93.1 Å². The molecule has 1 atom stereocenters. The maximum atomic E-state index is 11.4. The molecule has 0 heterocycles. The first-order valence-electron chi connectivity index (χ1n) is 21.6. The van der Waals surface area contributed by atoms with Crippen LogP contribution in [0.1, 0.15) is 239 Å². The summed E-state index contributed by atoms with van der Waals surface area (Å²) in [5.41, 5.74) is 0. The molecule has 6 heteroatoms. The van der Waals surface area contributed by atoms with Crippen molar-refractivity contribution in [2.45, 2.75) is 245 Å². The summed E-state index contributed by atoms with van der Waals surface area (Å²) in [4.78, 5) is 22.8. The predicted molar refractivity (Wildman–Crippen MR) is 209 cm³/mol. The Kier molecular flexibility index (Phi) is 45.8. The molecule has 0 aromatic rings. The standard InChI is InChI=1S/C22H44O2.C21H42O4/c1-3-5-7-8-9-10-11-12-13-14-15-16-17-18-19-20-22(23)24-21-6-4-2;1-2-3-4-5-6-7-8-9-10-11-12-13-14-15-16-17-21(24)25-19-20(23)18-22/h3-21H2,1-2H3;20,22-23H,2-19H2,1H3. The average molecular weight is 699 g/mol. The maximum absolute atomic E-state index is 11.4. The first-order chi connectivity index (χ1) is 24.0. The Bertz CT molecular complexity index is 640. The van der Waals surface area contributed by atoms with Crippen LogP contribution in [-0.2, 0) is 19.1 Å². The molecule has 0 saturated heterocycles. The summed E-state index contributed by atoms with van der Waals surface area (Å²) in [6.07, 6.45) is 42.1. The van der Waals surface area contributed by atoms with Crippen LogP contribution in [0.4, 0.5) is 0 Å². The zero-order valence-electron chi connectivity index (χ0n) is 33.3. The summed E-state index contributed by atoms with van der Waals surface area (Å²) >= 11 is 0. The van der Waals surface area contributed by atoms with Crippen LogP contribution in [-0.4, -0.2) is 48.1 Å². The van der Waals surface area contributed by atoms with Gasteiger partial charge in [0.1, 0.15) is 12.7 Å². The molecule has 49 heavy (non-hydrogen) atoms.